The average Bonchev–Trinajstić information content (AvgIpc) is 3.29. The lowest BCUT2D eigenvalue weighted by Gasteiger charge is -2.07. The lowest BCUT2D eigenvalue weighted by Crippen LogP contribution is -2.06. The van der Waals surface area contributed by atoms with Gasteiger partial charge in [-0.05, 0) is 12.1 Å². The maximum Gasteiger partial charge on any atom is 0.268 e. The van der Waals surface area contributed by atoms with Gasteiger partial charge in [0.15, 0.2) is 16.9 Å². The fraction of sp³-hybridized carbons (Fsp3) is 0.0588. The summed E-state index contributed by atoms with van der Waals surface area (Å²) in [7, 11) is 0. The third-order valence-corrected chi connectivity index (χ3v) is 4.71. The molecule has 0 fully saturated rings. The molecule has 4 aromatic heterocycles. The first-order chi connectivity index (χ1) is 12.7. The van der Waals surface area contributed by atoms with Gasteiger partial charge < -0.3 is 9.40 Å². The van der Waals surface area contributed by atoms with Gasteiger partial charge in [-0.2, -0.15) is 0 Å². The lowest BCUT2D eigenvalue weighted by atomic mass is 10.1. The summed E-state index contributed by atoms with van der Waals surface area (Å²) < 4.78 is 6.57. The number of hydrogen-bond donors (Lipinski definition) is 1. The van der Waals surface area contributed by atoms with Crippen molar-refractivity contribution in [3.63, 3.8) is 0 Å². The Morgan fingerprint density at radius 3 is 2.88 bits per heavy atom. The predicted octanol–water partition coefficient (Wildman–Crippen LogP) is 2.95. The second-order valence-corrected chi connectivity index (χ2v) is 6.51. The first kappa shape index (κ1) is 14.8. The molecule has 5 aromatic rings. The molecule has 0 saturated heterocycles. The number of rotatable bonds is 2. The van der Waals surface area contributed by atoms with E-state index in [1.54, 1.807) is 12.4 Å². The second kappa shape index (κ2) is 5.53. The number of aryl methyl sites for hydroxylation is 1. The first-order valence-corrected chi connectivity index (χ1v) is 8.60. The zero-order valence-electron chi connectivity index (χ0n) is 13.4. The van der Waals surface area contributed by atoms with Gasteiger partial charge >= 0.3 is 0 Å². The minimum atomic E-state index is -0.209. The molecule has 0 radical (unpaired) electrons. The van der Waals surface area contributed by atoms with E-state index >= 15 is 0 Å². The van der Waals surface area contributed by atoms with E-state index in [2.05, 4.69) is 30.1 Å². The highest BCUT2D eigenvalue weighted by atomic mass is 32.1. The van der Waals surface area contributed by atoms with Crippen LogP contribution in [0.5, 0.6) is 0 Å². The Hall–Kier alpha value is -3.46. The van der Waals surface area contributed by atoms with Gasteiger partial charge in [-0.3, -0.25) is 4.79 Å². The van der Waals surface area contributed by atoms with Gasteiger partial charge in [0.2, 0.25) is 11.3 Å². The highest BCUT2D eigenvalue weighted by Crippen LogP contribution is 2.31. The van der Waals surface area contributed by atoms with E-state index < -0.39 is 0 Å². The van der Waals surface area contributed by atoms with Gasteiger partial charge in [-0.25, -0.2) is 15.0 Å². The van der Waals surface area contributed by atoms with Crippen molar-refractivity contribution in [2.75, 3.05) is 0 Å². The van der Waals surface area contributed by atoms with E-state index in [1.807, 2.05) is 18.2 Å². The third kappa shape index (κ3) is 2.29. The Bertz CT molecular complexity index is 1340. The highest BCUT2D eigenvalue weighted by molar-refractivity contribution is 7.16. The van der Waals surface area contributed by atoms with Crippen LogP contribution in [0, 0.1) is 6.92 Å². The van der Waals surface area contributed by atoms with Gasteiger partial charge in [0.1, 0.15) is 5.69 Å². The van der Waals surface area contributed by atoms with Crippen LogP contribution < -0.4 is 5.43 Å². The zero-order valence-corrected chi connectivity index (χ0v) is 14.2. The molecule has 9 heteroatoms. The molecule has 0 spiro atoms. The molecule has 0 aliphatic rings. The molecule has 1 aromatic carbocycles. The second-order valence-electron chi connectivity index (χ2n) is 5.62. The van der Waals surface area contributed by atoms with Crippen molar-refractivity contribution in [1.29, 1.82) is 0 Å². The Morgan fingerprint density at radius 2 is 2.04 bits per heavy atom. The van der Waals surface area contributed by atoms with Crippen LogP contribution in [0.4, 0.5) is 0 Å². The molecular weight excluding hydrogens is 352 g/mol. The van der Waals surface area contributed by atoms with Gasteiger partial charge in [0, 0.05) is 24.8 Å². The molecule has 0 saturated carbocycles. The maximum atomic E-state index is 12.2. The van der Waals surface area contributed by atoms with Crippen LogP contribution in [0.1, 0.15) is 5.89 Å². The molecule has 0 amide bonds. The molecule has 8 nitrogen and oxygen atoms in total. The van der Waals surface area contributed by atoms with Gasteiger partial charge in [-0.15, -0.1) is 21.5 Å². The molecule has 0 bridgehead atoms. The number of H-pyrrole nitrogens is 1. The summed E-state index contributed by atoms with van der Waals surface area (Å²) in [5, 5.41) is 7.94. The van der Waals surface area contributed by atoms with Crippen molar-refractivity contribution in [2.45, 2.75) is 6.92 Å². The van der Waals surface area contributed by atoms with Crippen LogP contribution in [0.15, 0.2) is 45.2 Å². The summed E-state index contributed by atoms with van der Waals surface area (Å²) in [6, 6.07) is 7.18. The van der Waals surface area contributed by atoms with E-state index in [-0.39, 0.29) is 16.8 Å². The molecule has 0 unspecified atom stereocenters. The molecule has 4 heterocycles. The summed E-state index contributed by atoms with van der Waals surface area (Å²) in [5.41, 5.74) is 4.83. The first-order valence-electron chi connectivity index (χ1n) is 7.72. The highest BCUT2D eigenvalue weighted by Gasteiger charge is 2.19. The number of thiazole rings is 1. The molecular formula is C17H10N6O2S. The Morgan fingerprint density at radius 1 is 1.12 bits per heavy atom. The summed E-state index contributed by atoms with van der Waals surface area (Å²) in [6.07, 6.45) is 1.53. The molecule has 1 N–H and O–H groups in total. The number of pyridine rings is 1. The van der Waals surface area contributed by atoms with Crippen LogP contribution in [0.25, 0.3) is 44.2 Å². The molecule has 26 heavy (non-hydrogen) atoms. The van der Waals surface area contributed by atoms with Crippen molar-refractivity contribution >= 4 is 32.7 Å². The fourth-order valence-corrected chi connectivity index (χ4v) is 3.44. The summed E-state index contributed by atoms with van der Waals surface area (Å²) in [6.45, 7) is 1.70. The Labute approximate surface area is 149 Å². The van der Waals surface area contributed by atoms with E-state index in [0.717, 1.165) is 15.8 Å². The monoisotopic (exact) mass is 362 g/mol. The van der Waals surface area contributed by atoms with Crippen LogP contribution in [0.2, 0.25) is 0 Å². The molecule has 0 atom stereocenters. The van der Waals surface area contributed by atoms with Gasteiger partial charge in [-0.1, -0.05) is 6.07 Å². The van der Waals surface area contributed by atoms with Crippen molar-refractivity contribution in [1.82, 2.24) is 30.1 Å². The van der Waals surface area contributed by atoms with Crippen molar-refractivity contribution in [3.05, 3.63) is 52.1 Å². The maximum absolute atomic E-state index is 12.2. The average molecular weight is 362 g/mol. The Kier molecular flexibility index (Phi) is 3.16. The topological polar surface area (TPSA) is 110 Å². The van der Waals surface area contributed by atoms with Crippen molar-refractivity contribution < 1.29 is 4.42 Å². The Balaban J connectivity index is 1.86. The molecule has 5 rings (SSSR count). The lowest BCUT2D eigenvalue weighted by molar-refractivity contribution is 0.531. The predicted molar refractivity (Wildman–Crippen MR) is 96.8 cm³/mol. The van der Waals surface area contributed by atoms with Crippen molar-refractivity contribution in [2.24, 2.45) is 0 Å². The normalized spacial score (nSPS) is 11.4. The number of nitrogens with one attached hydrogen (secondary N) is 1. The van der Waals surface area contributed by atoms with E-state index in [1.165, 1.54) is 23.6 Å². The van der Waals surface area contributed by atoms with Gasteiger partial charge in [0.25, 0.3) is 5.89 Å². The molecule has 0 aliphatic carbocycles. The number of fused-ring (bicyclic) bond motifs is 2. The molecule has 126 valence electrons. The quantitative estimate of drug-likeness (QED) is 0.514. The zero-order chi connectivity index (χ0) is 17.7. The standard InChI is InChI=1S/C17H10N6O2S/c1-8-22-23-17(25-8)15-13(9-2-3-10-12(6-9)26-7-19-10)20-14-11(24)4-5-18-16(14)21-15/h2-7H,1H3,(H,18,21,24). The minimum absolute atomic E-state index is 0.209. The molecule has 0 aliphatic heterocycles. The summed E-state index contributed by atoms with van der Waals surface area (Å²) >= 11 is 1.53. The minimum Gasteiger partial charge on any atom is -0.420 e. The van der Waals surface area contributed by atoms with Crippen LogP contribution in [-0.4, -0.2) is 30.1 Å². The number of nitrogens with zero attached hydrogens (tertiary/aromatic N) is 5. The third-order valence-electron chi connectivity index (χ3n) is 3.92. The van der Waals surface area contributed by atoms with E-state index in [9.17, 15) is 4.79 Å². The number of aromatic nitrogens is 6. The SMILES string of the molecule is Cc1nnc(-c2nc3[nH]ccc(=O)c3nc2-c2ccc3ncsc3c2)o1. The fourth-order valence-electron chi connectivity index (χ4n) is 2.73. The van der Waals surface area contributed by atoms with E-state index in [4.69, 9.17) is 4.42 Å². The van der Waals surface area contributed by atoms with Crippen LogP contribution >= 0.6 is 11.3 Å². The summed E-state index contributed by atoms with van der Waals surface area (Å²) in [4.78, 5) is 28.5. The van der Waals surface area contributed by atoms with E-state index in [0.29, 0.717) is 22.9 Å². The van der Waals surface area contributed by atoms with Crippen LogP contribution in [-0.2, 0) is 0 Å². The number of benzene rings is 1. The number of aromatic amines is 1. The smallest absolute Gasteiger partial charge is 0.268 e. The summed E-state index contributed by atoms with van der Waals surface area (Å²) in [5.74, 6) is 0.674. The number of hydrogen-bond acceptors (Lipinski definition) is 8. The van der Waals surface area contributed by atoms with Gasteiger partial charge in [0.05, 0.1) is 15.7 Å². The van der Waals surface area contributed by atoms with Crippen LogP contribution in [0.3, 0.4) is 0 Å². The van der Waals surface area contributed by atoms with Crippen molar-refractivity contribution in [3.8, 4) is 22.8 Å². The largest absolute Gasteiger partial charge is 0.420 e.